The normalized spacial score (nSPS) is 10.3. The number of rotatable bonds is 3. The number of aromatic hydroxyl groups is 1. The number of carbonyl (C=O) groups is 1. The molecule has 0 aliphatic carbocycles. The van der Waals surface area contributed by atoms with Crippen molar-refractivity contribution in [2.45, 2.75) is 6.54 Å². The molecule has 0 aliphatic heterocycles. The van der Waals surface area contributed by atoms with Gasteiger partial charge < -0.3 is 10.0 Å². The standard InChI is InChI=1S/C14H12Cl2N2O2/c1-18(8-9-4-2-3-5-11(9)19)14(20)10-6-12(15)17-13(16)7-10/h2-7,19H,8H2,1H3. The van der Waals surface area contributed by atoms with Crippen molar-refractivity contribution in [2.24, 2.45) is 0 Å². The van der Waals surface area contributed by atoms with Crippen LogP contribution in [0.1, 0.15) is 15.9 Å². The minimum atomic E-state index is -0.251. The Hall–Kier alpha value is -1.78. The predicted octanol–water partition coefficient (Wildman–Crippen LogP) is 3.37. The highest BCUT2D eigenvalue weighted by atomic mass is 35.5. The number of hydrogen-bond donors (Lipinski definition) is 1. The fraction of sp³-hybridized carbons (Fsp3) is 0.143. The van der Waals surface area contributed by atoms with Gasteiger partial charge in [0, 0.05) is 24.7 Å². The molecule has 20 heavy (non-hydrogen) atoms. The Morgan fingerprint density at radius 3 is 2.45 bits per heavy atom. The van der Waals surface area contributed by atoms with Gasteiger partial charge in [0.05, 0.1) is 0 Å². The van der Waals surface area contributed by atoms with Crippen LogP contribution in [0.4, 0.5) is 0 Å². The van der Waals surface area contributed by atoms with Gasteiger partial charge in [-0.05, 0) is 18.2 Å². The van der Waals surface area contributed by atoms with E-state index >= 15 is 0 Å². The van der Waals surface area contributed by atoms with E-state index in [-0.39, 0.29) is 28.5 Å². The van der Waals surface area contributed by atoms with Crippen molar-refractivity contribution in [3.63, 3.8) is 0 Å². The molecule has 2 rings (SSSR count). The van der Waals surface area contributed by atoms with E-state index in [1.165, 1.54) is 17.0 Å². The van der Waals surface area contributed by atoms with Crippen LogP contribution in [0.2, 0.25) is 10.3 Å². The second kappa shape index (κ2) is 6.11. The first-order valence-corrected chi connectivity index (χ1v) is 6.58. The van der Waals surface area contributed by atoms with Crippen molar-refractivity contribution in [1.29, 1.82) is 0 Å². The zero-order chi connectivity index (χ0) is 14.7. The molecule has 0 atom stereocenters. The van der Waals surface area contributed by atoms with Gasteiger partial charge in [0.25, 0.3) is 5.91 Å². The molecule has 0 fully saturated rings. The summed E-state index contributed by atoms with van der Waals surface area (Å²) >= 11 is 11.6. The fourth-order valence-electron chi connectivity index (χ4n) is 1.78. The molecule has 4 nitrogen and oxygen atoms in total. The zero-order valence-electron chi connectivity index (χ0n) is 10.7. The summed E-state index contributed by atoms with van der Waals surface area (Å²) < 4.78 is 0. The highest BCUT2D eigenvalue weighted by Gasteiger charge is 2.15. The Bertz CT molecular complexity index is 627. The quantitative estimate of drug-likeness (QED) is 0.884. The van der Waals surface area contributed by atoms with Gasteiger partial charge in [0.2, 0.25) is 0 Å². The van der Waals surface area contributed by atoms with E-state index in [2.05, 4.69) is 4.98 Å². The number of aromatic nitrogens is 1. The van der Waals surface area contributed by atoms with E-state index in [4.69, 9.17) is 23.2 Å². The Balaban J connectivity index is 2.18. The zero-order valence-corrected chi connectivity index (χ0v) is 12.2. The van der Waals surface area contributed by atoms with Gasteiger partial charge in [-0.25, -0.2) is 4.98 Å². The van der Waals surface area contributed by atoms with Gasteiger partial charge in [0.15, 0.2) is 0 Å². The number of nitrogens with zero attached hydrogens (tertiary/aromatic N) is 2. The lowest BCUT2D eigenvalue weighted by atomic mass is 10.1. The van der Waals surface area contributed by atoms with Gasteiger partial charge in [-0.3, -0.25) is 4.79 Å². The van der Waals surface area contributed by atoms with Gasteiger partial charge in [-0.2, -0.15) is 0 Å². The second-order valence-corrected chi connectivity index (χ2v) is 5.07. The molecule has 0 bridgehead atoms. The lowest BCUT2D eigenvalue weighted by Gasteiger charge is -2.18. The summed E-state index contributed by atoms with van der Waals surface area (Å²) in [4.78, 5) is 17.5. The average Bonchev–Trinajstić information content (AvgIpc) is 2.39. The van der Waals surface area contributed by atoms with Crippen molar-refractivity contribution in [1.82, 2.24) is 9.88 Å². The number of phenols is 1. The average molecular weight is 311 g/mol. The van der Waals surface area contributed by atoms with Crippen molar-refractivity contribution < 1.29 is 9.90 Å². The third-order valence-electron chi connectivity index (χ3n) is 2.76. The summed E-state index contributed by atoms with van der Waals surface area (Å²) in [5.41, 5.74) is 1.02. The molecule has 104 valence electrons. The van der Waals surface area contributed by atoms with Crippen molar-refractivity contribution in [2.75, 3.05) is 7.05 Å². The minimum Gasteiger partial charge on any atom is -0.508 e. The summed E-state index contributed by atoms with van der Waals surface area (Å²) in [7, 11) is 1.64. The molecule has 0 radical (unpaired) electrons. The SMILES string of the molecule is CN(Cc1ccccc1O)C(=O)c1cc(Cl)nc(Cl)c1. The molecule has 2 aromatic rings. The van der Waals surface area contributed by atoms with Crippen LogP contribution in [-0.2, 0) is 6.54 Å². The summed E-state index contributed by atoms with van der Waals surface area (Å²) in [6.07, 6.45) is 0. The van der Waals surface area contributed by atoms with E-state index < -0.39 is 0 Å². The van der Waals surface area contributed by atoms with Gasteiger partial charge >= 0.3 is 0 Å². The molecule has 6 heteroatoms. The number of phenolic OH excluding ortho intramolecular Hbond substituents is 1. The van der Waals surface area contributed by atoms with Crippen LogP contribution in [0.3, 0.4) is 0 Å². The second-order valence-electron chi connectivity index (χ2n) is 4.29. The monoisotopic (exact) mass is 310 g/mol. The van der Waals surface area contributed by atoms with E-state index in [0.29, 0.717) is 11.1 Å². The van der Waals surface area contributed by atoms with E-state index in [1.807, 2.05) is 0 Å². The molecular formula is C14H12Cl2N2O2. The number of pyridine rings is 1. The Kier molecular flexibility index (Phi) is 4.47. The third kappa shape index (κ3) is 3.40. The maximum absolute atomic E-state index is 12.3. The molecule has 0 aliphatic rings. The van der Waals surface area contributed by atoms with E-state index in [9.17, 15) is 9.90 Å². The molecular weight excluding hydrogens is 299 g/mol. The van der Waals surface area contributed by atoms with Crippen LogP contribution in [0.15, 0.2) is 36.4 Å². The van der Waals surface area contributed by atoms with Crippen molar-refractivity contribution in [3.8, 4) is 5.75 Å². The highest BCUT2D eigenvalue weighted by molar-refractivity contribution is 6.33. The number of para-hydroxylation sites is 1. The van der Waals surface area contributed by atoms with Gasteiger partial charge in [0.1, 0.15) is 16.1 Å². The fourth-order valence-corrected chi connectivity index (χ4v) is 2.24. The predicted molar refractivity (Wildman–Crippen MR) is 78.2 cm³/mol. The Labute approximate surface area is 126 Å². The third-order valence-corrected chi connectivity index (χ3v) is 3.14. The molecule has 0 saturated carbocycles. The Morgan fingerprint density at radius 1 is 1.25 bits per heavy atom. The molecule has 1 heterocycles. The first-order chi connectivity index (χ1) is 9.47. The molecule has 1 aromatic heterocycles. The number of benzene rings is 1. The van der Waals surface area contributed by atoms with Crippen LogP contribution in [0.25, 0.3) is 0 Å². The molecule has 0 saturated heterocycles. The topological polar surface area (TPSA) is 53.4 Å². The maximum atomic E-state index is 12.3. The maximum Gasteiger partial charge on any atom is 0.254 e. The van der Waals surface area contributed by atoms with Gasteiger partial charge in [-0.1, -0.05) is 41.4 Å². The molecule has 1 N–H and O–H groups in total. The largest absolute Gasteiger partial charge is 0.508 e. The first-order valence-electron chi connectivity index (χ1n) is 5.83. The Morgan fingerprint density at radius 2 is 1.85 bits per heavy atom. The summed E-state index contributed by atoms with van der Waals surface area (Å²) in [5, 5.41) is 10.0. The number of hydrogen-bond acceptors (Lipinski definition) is 3. The molecule has 1 amide bonds. The lowest BCUT2D eigenvalue weighted by Crippen LogP contribution is -2.26. The van der Waals surface area contributed by atoms with Crippen LogP contribution in [-0.4, -0.2) is 27.9 Å². The summed E-state index contributed by atoms with van der Waals surface area (Å²) in [5.74, 6) is -0.0996. The van der Waals surface area contributed by atoms with Crippen molar-refractivity contribution in [3.05, 3.63) is 57.8 Å². The minimum absolute atomic E-state index is 0.151. The first kappa shape index (κ1) is 14.6. The lowest BCUT2D eigenvalue weighted by molar-refractivity contribution is 0.0784. The molecule has 1 aromatic carbocycles. The van der Waals surface area contributed by atoms with E-state index in [1.54, 1.807) is 31.3 Å². The van der Waals surface area contributed by atoms with Crippen LogP contribution >= 0.6 is 23.2 Å². The number of amides is 1. The van der Waals surface area contributed by atoms with Crippen LogP contribution in [0, 0.1) is 0 Å². The molecule has 0 unspecified atom stereocenters. The number of carbonyl (C=O) groups excluding carboxylic acids is 1. The summed E-state index contributed by atoms with van der Waals surface area (Å²) in [6.45, 7) is 0.281. The number of halogens is 2. The highest BCUT2D eigenvalue weighted by Crippen LogP contribution is 2.20. The van der Waals surface area contributed by atoms with Gasteiger partial charge in [-0.15, -0.1) is 0 Å². The smallest absolute Gasteiger partial charge is 0.254 e. The van der Waals surface area contributed by atoms with Crippen LogP contribution in [0.5, 0.6) is 5.75 Å². The van der Waals surface area contributed by atoms with Crippen LogP contribution < -0.4 is 0 Å². The molecule has 0 spiro atoms. The van der Waals surface area contributed by atoms with E-state index in [0.717, 1.165) is 0 Å². The van der Waals surface area contributed by atoms with Crippen molar-refractivity contribution >= 4 is 29.1 Å². The summed E-state index contributed by atoms with van der Waals surface area (Å²) in [6, 6.07) is 9.77.